The van der Waals surface area contributed by atoms with E-state index < -0.39 is 152 Å². The Morgan fingerprint density at radius 2 is 0.867 bits per heavy atom. The van der Waals surface area contributed by atoms with E-state index in [-0.39, 0.29) is 90.7 Å². The van der Waals surface area contributed by atoms with Gasteiger partial charge < -0.3 is 30.9 Å². The molecule has 105 heavy (non-hydrogen) atoms. The molecule has 0 aliphatic rings. The highest BCUT2D eigenvalue weighted by atomic mass is 32.2. The van der Waals surface area contributed by atoms with Crippen LogP contribution in [-0.4, -0.2) is 130 Å². The first-order chi connectivity index (χ1) is 48.8. The molecule has 0 aliphatic heterocycles. The van der Waals surface area contributed by atoms with Gasteiger partial charge in [0.1, 0.15) is 66.0 Å². The van der Waals surface area contributed by atoms with Gasteiger partial charge in [0, 0.05) is 39.1 Å². The largest absolute Gasteiger partial charge is 0.507 e. The zero-order valence-corrected chi connectivity index (χ0v) is 59.1. The van der Waals surface area contributed by atoms with Gasteiger partial charge in [0.2, 0.25) is 0 Å². The first-order valence-electron chi connectivity index (χ1n) is 27.9. The van der Waals surface area contributed by atoms with Crippen LogP contribution in [0, 0.1) is 13.8 Å². The highest BCUT2D eigenvalue weighted by molar-refractivity contribution is 7.87. The Balaban J connectivity index is 0.00000119. The van der Waals surface area contributed by atoms with E-state index in [1.807, 2.05) is 0 Å². The molecule has 48 heteroatoms. The van der Waals surface area contributed by atoms with Crippen molar-refractivity contribution < 1.29 is 128 Å². The lowest BCUT2D eigenvalue weighted by Gasteiger charge is -2.13. The number of phenolic OH excluding ortho intramolecular Hbond substituents is 4. The summed E-state index contributed by atoms with van der Waals surface area (Å²) in [6.45, 7) is 4.85. The van der Waals surface area contributed by atoms with Crippen LogP contribution >= 0.6 is 0 Å². The molecule has 0 saturated carbocycles. The summed E-state index contributed by atoms with van der Waals surface area (Å²) in [6.07, 6.45) is 0.405. The van der Waals surface area contributed by atoms with E-state index in [1.54, 1.807) is 32.0 Å². The number of nitrogens with zero attached hydrogens (tertiary/aromatic N) is 10. The Kier molecular flexibility index (Phi) is 24.9. The molecule has 40 nitrogen and oxygen atoms in total. The summed E-state index contributed by atoms with van der Waals surface area (Å²) in [7, 11) is -34.8. The van der Waals surface area contributed by atoms with Gasteiger partial charge in [-0.25, -0.2) is 0 Å². The van der Waals surface area contributed by atoms with Crippen LogP contribution in [0.15, 0.2) is 203 Å². The second-order valence-electron chi connectivity index (χ2n) is 20.8. The van der Waals surface area contributed by atoms with Gasteiger partial charge in [-0.15, -0.1) is 78.8 Å². The number of hydrogen-bond acceptors (Lipinski definition) is 35. The van der Waals surface area contributed by atoms with Gasteiger partial charge in [-0.2, -0.15) is 52.3 Å². The quantitative estimate of drug-likeness (QED) is 0.0217. The van der Waals surface area contributed by atoms with E-state index in [1.165, 1.54) is 73.7 Å². The lowest BCUT2D eigenvalue weighted by Crippen LogP contribution is -2.03. The molecule has 0 heterocycles. The molecular weight excluding hydrogens is 1560 g/mol. The van der Waals surface area contributed by atoms with Crippen molar-refractivity contribution in [2.24, 2.45) is 51.1 Å². The highest BCUT2D eigenvalue weighted by Crippen LogP contribution is 2.49. The number of azo groups is 5. The van der Waals surface area contributed by atoms with Crippen LogP contribution < -0.4 is 10.5 Å². The van der Waals surface area contributed by atoms with E-state index >= 15 is 0 Å². The molecule has 0 unspecified atom stereocenters. The maximum atomic E-state index is 13.3. The van der Waals surface area contributed by atoms with Gasteiger partial charge in [0.05, 0.1) is 44.5 Å². The SMILES string of the molecule is CCCOc1cc(N=Nc2cc(S(=O)(=O)O)cc3cc(S(=O)(=O)O)cc(O)c23)c(C)cc1N=Nc1c(S(=O)(=O)O)cc2c(S(=O)(=O)O)c(N=Nc3c(N)ccc4c(O)c(N=Nc5ccc6c(O)c(N=Nc7ccc(C)cc7S(=O)(=O)O)ccc6c5)ccc34)ccc2c1O.O=S(=O)=O.O=S(=O)=O.O=S(=O)=O. The standard InChI is InChI=1S/C57H45N11O20S5.3O3S/c1-4-17-88-48-26-44(64-66-46-23-32(89(73,74)75)21-30-22-33(90(76,77)78)24-47(69)51(30)46)28(3)19-45(48)65-68-53-50(92(82,83)84)25-38-37(56(53)72)11-16-43(57(38)93(85,86)87)63-67-52-35-10-15-42(55(71)36(35)9-12-39(52)58)61-59-31-7-8-34-29(20-31)6-14-41(54(34)70)62-60-40-13-5-27(2)18-49(40)91(79,80)81;3*1-4(2)3/h5-16,18-26,69-72H,4,17,58H2,1-3H3,(H,73,74,75)(H,76,77,78)(H,79,80,81)(H,82,83,84)(H,85,86,87);;;. The number of nitrogen functional groups attached to an aromatic ring is 1. The molecule has 0 bridgehead atoms. The topological polar surface area (TPSA) is 665 Å². The van der Waals surface area contributed by atoms with Gasteiger partial charge in [0.15, 0.2) is 17.2 Å². The normalized spacial score (nSPS) is 12.2. The smallest absolute Gasteiger partial charge is 0.425 e. The fourth-order valence-corrected chi connectivity index (χ4v) is 12.7. The van der Waals surface area contributed by atoms with Crippen molar-refractivity contribution in [1.29, 1.82) is 0 Å². The zero-order valence-electron chi connectivity index (χ0n) is 52.5. The minimum atomic E-state index is -5.49. The molecule has 0 saturated heterocycles. The molecule has 10 rings (SSSR count). The molecule has 0 amide bonds. The molecule has 11 N–H and O–H groups in total. The minimum Gasteiger partial charge on any atom is -0.507 e. The summed E-state index contributed by atoms with van der Waals surface area (Å²) in [5, 5.41) is 85.0. The number of aryl methyl sites for hydroxylation is 2. The third-order valence-electron chi connectivity index (χ3n) is 13.8. The van der Waals surface area contributed by atoms with Crippen LogP contribution in [0.25, 0.3) is 43.1 Å². The summed E-state index contributed by atoms with van der Waals surface area (Å²) in [5.74, 6) is -2.72. The van der Waals surface area contributed by atoms with E-state index in [9.17, 15) is 85.3 Å². The number of phenols is 4. The molecule has 10 aromatic carbocycles. The summed E-state index contributed by atoms with van der Waals surface area (Å²) < 4.78 is 257. The maximum Gasteiger partial charge on any atom is 0.425 e. The van der Waals surface area contributed by atoms with Crippen molar-refractivity contribution in [2.75, 3.05) is 12.3 Å². The highest BCUT2D eigenvalue weighted by Gasteiger charge is 2.29. The van der Waals surface area contributed by atoms with Crippen LogP contribution in [0.2, 0.25) is 0 Å². The molecular formula is C57H45N11O29S8. The average Bonchev–Trinajstić information content (AvgIpc) is 0.745. The van der Waals surface area contributed by atoms with Crippen LogP contribution in [0.3, 0.4) is 0 Å². The van der Waals surface area contributed by atoms with Gasteiger partial charge in [-0.05, 0) is 145 Å². The zero-order chi connectivity index (χ0) is 78.2. The Morgan fingerprint density at radius 3 is 1.46 bits per heavy atom. The monoisotopic (exact) mass is 1600 g/mol. The van der Waals surface area contributed by atoms with Gasteiger partial charge >= 0.3 is 31.8 Å². The van der Waals surface area contributed by atoms with Crippen molar-refractivity contribution >= 4 is 188 Å². The molecule has 10 aromatic rings. The van der Waals surface area contributed by atoms with Gasteiger partial charge in [0.25, 0.3) is 50.6 Å². The second-order valence-corrected chi connectivity index (χ2v) is 29.1. The van der Waals surface area contributed by atoms with E-state index in [0.717, 1.165) is 30.3 Å². The Labute approximate surface area is 594 Å². The number of ether oxygens (including phenoxy) is 1. The third-order valence-corrected chi connectivity index (χ3v) is 18.2. The molecule has 0 aliphatic carbocycles. The summed E-state index contributed by atoms with van der Waals surface area (Å²) in [4.78, 5) is -4.43. The summed E-state index contributed by atoms with van der Waals surface area (Å²) >= 11 is 0. The van der Waals surface area contributed by atoms with E-state index in [4.69, 9.17) is 48.4 Å². The van der Waals surface area contributed by atoms with Crippen molar-refractivity contribution in [3.8, 4) is 28.7 Å². The van der Waals surface area contributed by atoms with Crippen LogP contribution in [0.5, 0.6) is 28.7 Å². The van der Waals surface area contributed by atoms with Crippen LogP contribution in [-0.2, 0) is 82.4 Å². The minimum absolute atomic E-state index is 0.0146. The number of nitrogens with two attached hydrogens (primary N) is 1. The van der Waals surface area contributed by atoms with Crippen LogP contribution in [0.1, 0.15) is 24.5 Å². The van der Waals surface area contributed by atoms with Crippen molar-refractivity contribution in [1.82, 2.24) is 0 Å². The summed E-state index contributed by atoms with van der Waals surface area (Å²) in [6, 6.07) is 25.4. The predicted octanol–water partition coefficient (Wildman–Crippen LogP) is 11.4. The van der Waals surface area contributed by atoms with E-state index in [0.29, 0.717) is 34.9 Å². The fraction of sp³-hybridized carbons (Fsp3) is 0.0877. The number of hydrogen-bond donors (Lipinski definition) is 10. The number of aromatic hydroxyl groups is 4. The number of fused-ring (bicyclic) bond motifs is 4. The van der Waals surface area contributed by atoms with Gasteiger partial charge in [-0.3, -0.25) is 22.8 Å². The lowest BCUT2D eigenvalue weighted by molar-refractivity contribution is 0.318. The summed E-state index contributed by atoms with van der Waals surface area (Å²) in [5.41, 5.74) is 4.68. The number of benzene rings is 10. The molecule has 550 valence electrons. The number of anilines is 1. The second kappa shape index (κ2) is 32.4. The van der Waals surface area contributed by atoms with Crippen molar-refractivity contribution in [3.05, 3.63) is 139 Å². The first-order valence-corrected chi connectivity index (χ1v) is 38.1. The van der Waals surface area contributed by atoms with Crippen molar-refractivity contribution in [2.45, 2.75) is 51.7 Å². The van der Waals surface area contributed by atoms with Crippen molar-refractivity contribution in [3.63, 3.8) is 0 Å². The van der Waals surface area contributed by atoms with Gasteiger partial charge in [-0.1, -0.05) is 19.1 Å². The van der Waals surface area contributed by atoms with E-state index in [2.05, 4.69) is 51.1 Å². The fourth-order valence-electron chi connectivity index (χ4n) is 9.44. The number of rotatable bonds is 18. The molecule has 0 radical (unpaired) electrons. The Morgan fingerprint density at radius 1 is 0.390 bits per heavy atom. The molecule has 0 fully saturated rings. The lowest BCUT2D eigenvalue weighted by atomic mass is 10.1. The molecule has 0 atom stereocenters. The Bertz CT molecular complexity index is 6340. The predicted molar refractivity (Wildman–Crippen MR) is 364 cm³/mol. The maximum absolute atomic E-state index is 13.3. The van der Waals surface area contributed by atoms with Crippen LogP contribution in [0.4, 0.5) is 62.6 Å². The molecule has 0 spiro atoms. The average molecular weight is 1600 g/mol. The first kappa shape index (κ1) is 80.8. The molecule has 0 aromatic heterocycles. The third kappa shape index (κ3) is 20.2. The Hall–Kier alpha value is -11.6.